The number of carbonyl (C=O) groups is 2. The maximum Gasteiger partial charge on any atom is 0.227 e. The van der Waals surface area contributed by atoms with E-state index < -0.39 is 0 Å². The topological polar surface area (TPSA) is 52.7 Å². The molecular formula is C27H45N3O2. The van der Waals surface area contributed by atoms with Gasteiger partial charge in [-0.05, 0) is 54.9 Å². The number of benzene rings is 1. The SMILES string of the molecule is CCCCC(CC)C(=O)Nc1ccc(N2CCN(C(=O)CC(C)CC(C)(C)C)CC2)cc1. The highest BCUT2D eigenvalue weighted by Gasteiger charge is 2.24. The van der Waals surface area contributed by atoms with E-state index in [4.69, 9.17) is 0 Å². The largest absolute Gasteiger partial charge is 0.368 e. The molecule has 1 N–H and O–H groups in total. The van der Waals surface area contributed by atoms with Crippen molar-refractivity contribution in [2.45, 2.75) is 80.1 Å². The number of nitrogens with one attached hydrogen (secondary N) is 1. The third-order valence-electron chi connectivity index (χ3n) is 6.39. The summed E-state index contributed by atoms with van der Waals surface area (Å²) >= 11 is 0. The van der Waals surface area contributed by atoms with Crippen LogP contribution in [0.2, 0.25) is 0 Å². The molecule has 0 radical (unpaired) electrons. The Labute approximate surface area is 195 Å². The van der Waals surface area contributed by atoms with E-state index in [0.29, 0.717) is 12.3 Å². The van der Waals surface area contributed by atoms with Gasteiger partial charge in [0.15, 0.2) is 0 Å². The molecule has 0 bridgehead atoms. The van der Waals surface area contributed by atoms with E-state index in [2.05, 4.69) is 63.9 Å². The normalized spacial score (nSPS) is 16.6. The van der Waals surface area contributed by atoms with Crippen LogP contribution < -0.4 is 10.2 Å². The Balaban J connectivity index is 1.82. The lowest BCUT2D eigenvalue weighted by atomic mass is 9.84. The van der Waals surface area contributed by atoms with Crippen LogP contribution >= 0.6 is 0 Å². The average molecular weight is 444 g/mol. The molecule has 5 nitrogen and oxygen atoms in total. The zero-order valence-corrected chi connectivity index (χ0v) is 21.2. The molecule has 2 atom stereocenters. The van der Waals surface area contributed by atoms with Crippen LogP contribution in [0.4, 0.5) is 11.4 Å². The van der Waals surface area contributed by atoms with Crippen molar-refractivity contribution in [2.75, 3.05) is 36.4 Å². The number of hydrogen-bond donors (Lipinski definition) is 1. The summed E-state index contributed by atoms with van der Waals surface area (Å²) in [4.78, 5) is 29.6. The third-order valence-corrected chi connectivity index (χ3v) is 6.39. The lowest BCUT2D eigenvalue weighted by molar-refractivity contribution is -0.132. The Morgan fingerprint density at radius 3 is 2.19 bits per heavy atom. The fourth-order valence-electron chi connectivity index (χ4n) is 4.73. The van der Waals surface area contributed by atoms with Crippen molar-refractivity contribution in [1.29, 1.82) is 0 Å². The van der Waals surface area contributed by atoms with E-state index in [1.807, 2.05) is 17.0 Å². The molecule has 32 heavy (non-hydrogen) atoms. The third kappa shape index (κ3) is 8.48. The lowest BCUT2D eigenvalue weighted by Crippen LogP contribution is -2.49. The van der Waals surface area contributed by atoms with Gasteiger partial charge in [0.1, 0.15) is 0 Å². The summed E-state index contributed by atoms with van der Waals surface area (Å²) < 4.78 is 0. The number of hydrogen-bond acceptors (Lipinski definition) is 3. The quantitative estimate of drug-likeness (QED) is 0.486. The molecule has 0 saturated carbocycles. The number of piperazine rings is 1. The Kier molecular flexibility index (Phi) is 10.0. The molecule has 1 aromatic rings. The first kappa shape index (κ1) is 26.2. The minimum Gasteiger partial charge on any atom is -0.368 e. The van der Waals surface area contributed by atoms with Gasteiger partial charge in [-0.1, -0.05) is 54.4 Å². The number of unbranched alkanes of at least 4 members (excludes halogenated alkanes) is 1. The Morgan fingerprint density at radius 2 is 1.66 bits per heavy atom. The van der Waals surface area contributed by atoms with Crippen molar-refractivity contribution in [3.63, 3.8) is 0 Å². The summed E-state index contributed by atoms with van der Waals surface area (Å²) in [5.74, 6) is 0.915. The van der Waals surface area contributed by atoms with Gasteiger partial charge in [-0.3, -0.25) is 9.59 Å². The summed E-state index contributed by atoms with van der Waals surface area (Å²) in [7, 11) is 0. The zero-order valence-electron chi connectivity index (χ0n) is 21.2. The predicted molar refractivity (Wildman–Crippen MR) is 135 cm³/mol. The van der Waals surface area contributed by atoms with Crippen molar-refractivity contribution in [3.8, 4) is 0 Å². The van der Waals surface area contributed by atoms with Crippen LogP contribution in [0.3, 0.4) is 0 Å². The standard InChI is InChI=1S/C27H45N3O2/c1-7-9-10-22(8-2)26(32)28-23-11-13-24(14-12-23)29-15-17-30(18-16-29)25(31)19-21(3)20-27(4,5)6/h11-14,21-22H,7-10,15-20H2,1-6H3,(H,28,32). The highest BCUT2D eigenvalue weighted by Crippen LogP contribution is 2.27. The molecular weight excluding hydrogens is 398 g/mol. The second-order valence-corrected chi connectivity index (χ2v) is 10.7. The molecule has 2 unspecified atom stereocenters. The molecule has 2 rings (SSSR count). The Morgan fingerprint density at radius 1 is 1.03 bits per heavy atom. The highest BCUT2D eigenvalue weighted by atomic mass is 16.2. The molecule has 1 fully saturated rings. The molecule has 1 aliphatic heterocycles. The van der Waals surface area contributed by atoms with Gasteiger partial charge in [0.2, 0.25) is 11.8 Å². The molecule has 0 aromatic heterocycles. The number of amides is 2. The minimum absolute atomic E-state index is 0.0892. The van der Waals surface area contributed by atoms with Gasteiger partial charge in [0.05, 0.1) is 0 Å². The summed E-state index contributed by atoms with van der Waals surface area (Å²) in [5, 5.41) is 3.08. The van der Waals surface area contributed by atoms with E-state index in [0.717, 1.165) is 69.7 Å². The smallest absolute Gasteiger partial charge is 0.227 e. The van der Waals surface area contributed by atoms with E-state index in [1.165, 1.54) is 0 Å². The van der Waals surface area contributed by atoms with Gasteiger partial charge < -0.3 is 15.1 Å². The number of nitrogens with zero attached hydrogens (tertiary/aromatic N) is 2. The van der Waals surface area contributed by atoms with Crippen LogP contribution in [0.1, 0.15) is 80.1 Å². The molecule has 1 heterocycles. The number of carbonyl (C=O) groups excluding carboxylic acids is 2. The first-order valence-corrected chi connectivity index (χ1v) is 12.6. The maximum absolute atomic E-state index is 12.7. The summed E-state index contributed by atoms with van der Waals surface area (Å²) in [6.07, 6.45) is 5.75. The monoisotopic (exact) mass is 443 g/mol. The van der Waals surface area contributed by atoms with Crippen molar-refractivity contribution in [3.05, 3.63) is 24.3 Å². The summed E-state index contributed by atoms with van der Waals surface area (Å²) in [6, 6.07) is 8.13. The van der Waals surface area contributed by atoms with Gasteiger partial charge in [-0.15, -0.1) is 0 Å². The van der Waals surface area contributed by atoms with Gasteiger partial charge in [-0.25, -0.2) is 0 Å². The van der Waals surface area contributed by atoms with Gasteiger partial charge in [0, 0.05) is 49.9 Å². The van der Waals surface area contributed by atoms with Crippen molar-refractivity contribution in [2.24, 2.45) is 17.3 Å². The molecule has 1 aromatic carbocycles. The van der Waals surface area contributed by atoms with Crippen LogP contribution in [-0.4, -0.2) is 42.9 Å². The fraction of sp³-hybridized carbons (Fsp3) is 0.704. The fourth-order valence-corrected chi connectivity index (χ4v) is 4.73. The van der Waals surface area contributed by atoms with Crippen LogP contribution in [-0.2, 0) is 9.59 Å². The van der Waals surface area contributed by atoms with Crippen LogP contribution in [0.25, 0.3) is 0 Å². The van der Waals surface area contributed by atoms with Gasteiger partial charge in [-0.2, -0.15) is 0 Å². The summed E-state index contributed by atoms with van der Waals surface area (Å²) in [6.45, 7) is 16.4. The maximum atomic E-state index is 12.7. The lowest BCUT2D eigenvalue weighted by Gasteiger charge is -2.37. The first-order valence-electron chi connectivity index (χ1n) is 12.6. The van der Waals surface area contributed by atoms with Crippen LogP contribution in [0.15, 0.2) is 24.3 Å². The molecule has 1 saturated heterocycles. The predicted octanol–water partition coefficient (Wildman–Crippen LogP) is 5.95. The average Bonchev–Trinajstić information content (AvgIpc) is 2.73. The van der Waals surface area contributed by atoms with Crippen molar-refractivity contribution < 1.29 is 9.59 Å². The molecule has 1 aliphatic rings. The van der Waals surface area contributed by atoms with E-state index in [9.17, 15) is 9.59 Å². The first-order chi connectivity index (χ1) is 15.1. The Hall–Kier alpha value is -2.04. The second-order valence-electron chi connectivity index (χ2n) is 10.7. The zero-order chi connectivity index (χ0) is 23.7. The molecule has 0 spiro atoms. The minimum atomic E-state index is 0.0892. The summed E-state index contributed by atoms with van der Waals surface area (Å²) in [5.41, 5.74) is 2.27. The van der Waals surface area contributed by atoms with Crippen molar-refractivity contribution in [1.82, 2.24) is 4.90 Å². The van der Waals surface area contributed by atoms with Gasteiger partial charge in [0.25, 0.3) is 0 Å². The number of rotatable bonds is 10. The highest BCUT2D eigenvalue weighted by molar-refractivity contribution is 5.92. The molecule has 5 heteroatoms. The molecule has 0 aliphatic carbocycles. The number of anilines is 2. The molecule has 180 valence electrons. The molecule has 2 amide bonds. The van der Waals surface area contributed by atoms with Gasteiger partial charge >= 0.3 is 0 Å². The van der Waals surface area contributed by atoms with E-state index >= 15 is 0 Å². The van der Waals surface area contributed by atoms with Crippen molar-refractivity contribution >= 4 is 23.2 Å². The van der Waals surface area contributed by atoms with Crippen LogP contribution in [0, 0.1) is 17.3 Å². The van der Waals surface area contributed by atoms with Crippen LogP contribution in [0.5, 0.6) is 0 Å². The second kappa shape index (κ2) is 12.3. The van der Waals surface area contributed by atoms with E-state index in [1.54, 1.807) is 0 Å². The Bertz CT molecular complexity index is 715. The van der Waals surface area contributed by atoms with E-state index in [-0.39, 0.29) is 23.1 Å².